The topological polar surface area (TPSA) is 47.3 Å². The van der Waals surface area contributed by atoms with Gasteiger partial charge >= 0.3 is 0 Å². The predicted octanol–water partition coefficient (Wildman–Crippen LogP) is 2.10. The summed E-state index contributed by atoms with van der Waals surface area (Å²) in [5, 5.41) is 0. The van der Waals surface area contributed by atoms with E-state index in [1.54, 1.807) is 0 Å². The number of ether oxygens (including phenoxy) is 1. The van der Waals surface area contributed by atoms with E-state index in [1.807, 2.05) is 0 Å². The van der Waals surface area contributed by atoms with Crippen molar-refractivity contribution < 1.29 is 4.74 Å². The third-order valence-corrected chi connectivity index (χ3v) is 3.75. The third-order valence-electron chi connectivity index (χ3n) is 3.75. The lowest BCUT2D eigenvalue weighted by atomic mass is 9.91. The fourth-order valence-corrected chi connectivity index (χ4v) is 2.93. The fraction of sp³-hybridized carbons (Fsp3) is 0.600. The van der Waals surface area contributed by atoms with Crippen LogP contribution < -0.4 is 11.3 Å². The molecular weight excluding hydrogens is 224 g/mol. The van der Waals surface area contributed by atoms with Crippen molar-refractivity contribution in [1.29, 1.82) is 0 Å². The number of nitrogens with two attached hydrogens (primary N) is 1. The van der Waals surface area contributed by atoms with Crippen LogP contribution in [0.5, 0.6) is 0 Å². The van der Waals surface area contributed by atoms with Crippen LogP contribution in [0.4, 0.5) is 0 Å². The Morgan fingerprint density at radius 1 is 1.33 bits per heavy atom. The molecule has 3 unspecified atom stereocenters. The smallest absolute Gasteiger partial charge is 0.0551 e. The molecule has 3 atom stereocenters. The summed E-state index contributed by atoms with van der Waals surface area (Å²) in [6, 6.07) is 7.00. The third kappa shape index (κ3) is 3.31. The number of rotatable bonds is 4. The molecule has 3 nitrogen and oxygen atoms in total. The van der Waals surface area contributed by atoms with Gasteiger partial charge in [0.25, 0.3) is 0 Å². The van der Waals surface area contributed by atoms with Crippen molar-refractivity contribution in [2.45, 2.75) is 45.8 Å². The molecule has 1 heterocycles. The summed E-state index contributed by atoms with van der Waals surface area (Å²) in [6.07, 6.45) is 2.43. The van der Waals surface area contributed by atoms with Crippen molar-refractivity contribution >= 4 is 0 Å². The summed E-state index contributed by atoms with van der Waals surface area (Å²) < 4.78 is 5.64. The molecule has 100 valence electrons. The molecule has 0 radical (unpaired) electrons. The van der Waals surface area contributed by atoms with Crippen molar-refractivity contribution in [3.8, 4) is 0 Å². The Bertz CT molecular complexity index is 385. The minimum Gasteiger partial charge on any atom is -0.378 e. The molecule has 1 aromatic rings. The number of hydrazine groups is 1. The zero-order chi connectivity index (χ0) is 13.1. The average Bonchev–Trinajstić information content (AvgIpc) is 2.71. The van der Waals surface area contributed by atoms with Crippen molar-refractivity contribution in [3.05, 3.63) is 34.9 Å². The lowest BCUT2D eigenvalue weighted by molar-refractivity contribution is 0.117. The summed E-state index contributed by atoms with van der Waals surface area (Å²) in [6.45, 7) is 7.23. The molecule has 3 N–H and O–H groups in total. The van der Waals surface area contributed by atoms with Gasteiger partial charge in [0.2, 0.25) is 0 Å². The second-order valence-electron chi connectivity index (χ2n) is 5.61. The molecule has 1 fully saturated rings. The SMILES string of the molecule is Cc1cc(C)cc(CC(NN)C2COC(C)C2)c1. The average molecular weight is 248 g/mol. The lowest BCUT2D eigenvalue weighted by Crippen LogP contribution is -2.42. The van der Waals surface area contributed by atoms with Gasteiger partial charge in [-0.2, -0.15) is 0 Å². The number of hydrogen-bond acceptors (Lipinski definition) is 3. The van der Waals surface area contributed by atoms with Gasteiger partial charge in [0.15, 0.2) is 0 Å². The maximum absolute atomic E-state index is 5.72. The van der Waals surface area contributed by atoms with E-state index in [0.717, 1.165) is 19.4 Å². The molecule has 2 rings (SSSR count). The van der Waals surface area contributed by atoms with Crippen LogP contribution in [0, 0.1) is 19.8 Å². The Hall–Kier alpha value is -0.900. The molecule has 0 aliphatic carbocycles. The van der Waals surface area contributed by atoms with E-state index >= 15 is 0 Å². The van der Waals surface area contributed by atoms with Crippen molar-refractivity contribution in [2.24, 2.45) is 11.8 Å². The zero-order valence-corrected chi connectivity index (χ0v) is 11.6. The summed E-state index contributed by atoms with van der Waals surface area (Å²) in [4.78, 5) is 0. The standard InChI is InChI=1S/C15H24N2O/c1-10-4-11(2)6-13(5-10)8-15(17-16)14-7-12(3)18-9-14/h4-6,12,14-15,17H,7-9,16H2,1-3H3. The van der Waals surface area contributed by atoms with E-state index in [2.05, 4.69) is 44.4 Å². The van der Waals surface area contributed by atoms with Gasteiger partial charge in [0.1, 0.15) is 0 Å². The molecular formula is C15H24N2O. The Morgan fingerprint density at radius 3 is 2.50 bits per heavy atom. The van der Waals surface area contributed by atoms with Crippen LogP contribution in [0.3, 0.4) is 0 Å². The van der Waals surface area contributed by atoms with Crippen molar-refractivity contribution in [2.75, 3.05) is 6.61 Å². The van der Waals surface area contributed by atoms with Crippen LogP contribution >= 0.6 is 0 Å². The van der Waals surface area contributed by atoms with Gasteiger partial charge < -0.3 is 4.74 Å². The first-order valence-corrected chi connectivity index (χ1v) is 6.73. The zero-order valence-electron chi connectivity index (χ0n) is 11.6. The number of nitrogens with one attached hydrogen (secondary N) is 1. The van der Waals surface area contributed by atoms with Gasteiger partial charge in [-0.05, 0) is 39.2 Å². The predicted molar refractivity (Wildman–Crippen MR) is 74.3 cm³/mol. The molecule has 18 heavy (non-hydrogen) atoms. The van der Waals surface area contributed by atoms with Gasteiger partial charge in [0, 0.05) is 12.0 Å². The van der Waals surface area contributed by atoms with Crippen LogP contribution in [0.25, 0.3) is 0 Å². The van der Waals surface area contributed by atoms with Crippen LogP contribution in [-0.2, 0) is 11.2 Å². The Kier molecular flexibility index (Phi) is 4.38. The van der Waals surface area contributed by atoms with Crippen LogP contribution in [0.2, 0.25) is 0 Å². The maximum atomic E-state index is 5.72. The molecule has 0 aromatic heterocycles. The van der Waals surface area contributed by atoms with Crippen LogP contribution in [-0.4, -0.2) is 18.8 Å². The minimum atomic E-state index is 0.302. The van der Waals surface area contributed by atoms with Gasteiger partial charge in [-0.15, -0.1) is 0 Å². The first-order chi connectivity index (χ1) is 8.58. The first kappa shape index (κ1) is 13.5. The van der Waals surface area contributed by atoms with E-state index in [1.165, 1.54) is 16.7 Å². The summed E-state index contributed by atoms with van der Waals surface area (Å²) in [5.41, 5.74) is 6.96. The highest BCUT2D eigenvalue weighted by Crippen LogP contribution is 2.24. The number of hydrogen-bond donors (Lipinski definition) is 2. The van der Waals surface area contributed by atoms with Crippen molar-refractivity contribution in [3.63, 3.8) is 0 Å². The van der Waals surface area contributed by atoms with Crippen molar-refractivity contribution in [1.82, 2.24) is 5.43 Å². The van der Waals surface area contributed by atoms with Gasteiger partial charge in [-0.3, -0.25) is 11.3 Å². The molecule has 1 aliphatic rings. The molecule has 0 amide bonds. The van der Waals surface area contributed by atoms with E-state index in [-0.39, 0.29) is 0 Å². The van der Waals surface area contributed by atoms with E-state index in [4.69, 9.17) is 10.6 Å². The Labute approximate surface area is 110 Å². The van der Waals surface area contributed by atoms with Gasteiger partial charge in [-0.25, -0.2) is 0 Å². The fourth-order valence-electron chi connectivity index (χ4n) is 2.93. The first-order valence-electron chi connectivity index (χ1n) is 6.73. The number of aryl methyl sites for hydroxylation is 2. The van der Waals surface area contributed by atoms with Gasteiger partial charge in [-0.1, -0.05) is 29.3 Å². The highest BCUT2D eigenvalue weighted by molar-refractivity contribution is 5.29. The Balaban J connectivity index is 2.05. The monoisotopic (exact) mass is 248 g/mol. The summed E-state index contributed by atoms with van der Waals surface area (Å²) >= 11 is 0. The minimum absolute atomic E-state index is 0.302. The second kappa shape index (κ2) is 5.83. The van der Waals surface area contributed by atoms with Gasteiger partial charge in [0.05, 0.1) is 12.7 Å². The summed E-state index contributed by atoms with van der Waals surface area (Å²) in [7, 11) is 0. The highest BCUT2D eigenvalue weighted by atomic mass is 16.5. The number of benzene rings is 1. The summed E-state index contributed by atoms with van der Waals surface area (Å²) in [5.74, 6) is 6.24. The van der Waals surface area contributed by atoms with E-state index in [0.29, 0.717) is 18.1 Å². The highest BCUT2D eigenvalue weighted by Gasteiger charge is 2.29. The molecule has 1 aliphatic heterocycles. The van der Waals surface area contributed by atoms with E-state index < -0.39 is 0 Å². The van der Waals surface area contributed by atoms with Crippen LogP contribution in [0.1, 0.15) is 30.0 Å². The lowest BCUT2D eigenvalue weighted by Gasteiger charge is -2.22. The normalized spacial score (nSPS) is 25.3. The molecule has 3 heteroatoms. The quantitative estimate of drug-likeness (QED) is 0.633. The van der Waals surface area contributed by atoms with Crippen LogP contribution in [0.15, 0.2) is 18.2 Å². The Morgan fingerprint density at radius 2 is 2.00 bits per heavy atom. The molecule has 1 saturated heterocycles. The maximum Gasteiger partial charge on any atom is 0.0551 e. The second-order valence-corrected chi connectivity index (χ2v) is 5.61. The molecule has 0 saturated carbocycles. The van der Waals surface area contributed by atoms with E-state index in [9.17, 15) is 0 Å². The molecule has 0 bridgehead atoms. The molecule has 0 spiro atoms. The molecule has 1 aromatic carbocycles. The largest absolute Gasteiger partial charge is 0.378 e.